The highest BCUT2D eigenvalue weighted by molar-refractivity contribution is 6.84. The smallest absolute Gasteiger partial charge is 0.200 e. The van der Waals surface area contributed by atoms with Crippen molar-refractivity contribution in [1.29, 1.82) is 0 Å². The van der Waals surface area contributed by atoms with Crippen LogP contribution in [0.2, 0.25) is 6.55 Å². The molecule has 6 heteroatoms. The van der Waals surface area contributed by atoms with E-state index in [9.17, 15) is 22.0 Å². The van der Waals surface area contributed by atoms with Gasteiger partial charge in [-0.25, -0.2) is 22.0 Å². The van der Waals surface area contributed by atoms with Gasteiger partial charge in [0.2, 0.25) is 5.82 Å². The molecule has 0 aliphatic heterocycles. The largest absolute Gasteiger partial charge is 0.204 e. The second kappa shape index (κ2) is 5.12. The van der Waals surface area contributed by atoms with Gasteiger partial charge in [0, 0.05) is 5.19 Å². The first kappa shape index (κ1) is 13.7. The lowest BCUT2D eigenvalue weighted by molar-refractivity contribution is 0.384. The number of halogens is 5. The van der Waals surface area contributed by atoms with Gasteiger partial charge >= 0.3 is 0 Å². The maximum Gasteiger partial charge on any atom is 0.200 e. The Kier molecular flexibility index (Phi) is 3.70. The summed E-state index contributed by atoms with van der Waals surface area (Å²) in [4.78, 5) is 0. The summed E-state index contributed by atoms with van der Waals surface area (Å²) >= 11 is 0. The summed E-state index contributed by atoms with van der Waals surface area (Å²) in [7, 11) is -2.47. The molecular weight excluding hydrogens is 279 g/mol. The van der Waals surface area contributed by atoms with Gasteiger partial charge in [-0.15, -0.1) is 0 Å². The summed E-state index contributed by atoms with van der Waals surface area (Å²) in [5.74, 6) is -9.33. The molecule has 2 aromatic rings. The van der Waals surface area contributed by atoms with Gasteiger partial charge in [-0.1, -0.05) is 42.1 Å². The Morgan fingerprint density at radius 3 is 1.58 bits per heavy atom. The van der Waals surface area contributed by atoms with Crippen LogP contribution < -0.4 is 10.4 Å². The molecule has 0 N–H and O–H groups in total. The van der Waals surface area contributed by atoms with Crippen molar-refractivity contribution >= 4 is 19.2 Å². The third kappa shape index (κ3) is 2.27. The number of hydrogen-bond acceptors (Lipinski definition) is 0. The van der Waals surface area contributed by atoms with Gasteiger partial charge in [-0.2, -0.15) is 0 Å². The van der Waals surface area contributed by atoms with Gasteiger partial charge < -0.3 is 0 Å². The van der Waals surface area contributed by atoms with Crippen molar-refractivity contribution in [2.75, 3.05) is 0 Å². The maximum absolute atomic E-state index is 13.7. The van der Waals surface area contributed by atoms with E-state index in [-0.39, 0.29) is 0 Å². The topological polar surface area (TPSA) is 0 Å². The monoisotopic (exact) mass is 288 g/mol. The predicted molar refractivity (Wildman–Crippen MR) is 65.0 cm³/mol. The lowest BCUT2D eigenvalue weighted by Gasteiger charge is -2.14. The van der Waals surface area contributed by atoms with Gasteiger partial charge in [0.25, 0.3) is 0 Å². The van der Waals surface area contributed by atoms with Crippen LogP contribution in [0.15, 0.2) is 30.3 Å². The van der Waals surface area contributed by atoms with Crippen LogP contribution in [-0.4, -0.2) is 8.80 Å². The molecule has 0 fully saturated rings. The normalized spacial score (nSPS) is 12.5. The molecule has 0 heterocycles. The number of rotatable bonds is 2. The minimum atomic E-state index is -2.47. The molecule has 0 bridgehead atoms. The molecule has 1 unspecified atom stereocenters. The average Bonchev–Trinajstić information content (AvgIpc) is 2.44. The van der Waals surface area contributed by atoms with E-state index in [0.717, 1.165) is 0 Å². The fraction of sp³-hybridized carbons (Fsp3) is 0.0769. The lowest BCUT2D eigenvalue weighted by Crippen LogP contribution is -2.44. The van der Waals surface area contributed by atoms with Gasteiger partial charge in [0.05, 0.1) is 0 Å². The van der Waals surface area contributed by atoms with Crippen LogP contribution in [0.1, 0.15) is 0 Å². The first-order valence-electron chi connectivity index (χ1n) is 5.51. The van der Waals surface area contributed by atoms with Gasteiger partial charge in [-0.05, 0) is 0 Å². The summed E-state index contributed by atoms with van der Waals surface area (Å²) in [6, 6.07) is 8.27. The Morgan fingerprint density at radius 2 is 1.11 bits per heavy atom. The van der Waals surface area contributed by atoms with Crippen molar-refractivity contribution in [1.82, 2.24) is 0 Å². The molecule has 0 radical (unpaired) electrons. The Bertz CT molecular complexity index is 583. The van der Waals surface area contributed by atoms with E-state index in [4.69, 9.17) is 0 Å². The minimum absolute atomic E-state index is 0.603. The first-order valence-corrected chi connectivity index (χ1v) is 7.82. The molecule has 0 saturated heterocycles. The zero-order valence-electron chi connectivity index (χ0n) is 9.85. The summed E-state index contributed by atoms with van der Waals surface area (Å²) in [5.41, 5.74) is 0. The van der Waals surface area contributed by atoms with Gasteiger partial charge in [-0.3, -0.25) is 0 Å². The number of benzene rings is 2. The van der Waals surface area contributed by atoms with Crippen molar-refractivity contribution < 1.29 is 22.0 Å². The molecule has 0 spiro atoms. The molecule has 100 valence electrons. The highest BCUT2D eigenvalue weighted by atomic mass is 28.3. The van der Waals surface area contributed by atoms with E-state index in [1.165, 1.54) is 6.55 Å². The van der Waals surface area contributed by atoms with Crippen molar-refractivity contribution in [3.8, 4) is 0 Å². The van der Waals surface area contributed by atoms with E-state index in [1.54, 1.807) is 30.3 Å². The second-order valence-corrected chi connectivity index (χ2v) is 6.80. The van der Waals surface area contributed by atoms with Gasteiger partial charge in [0.15, 0.2) is 23.3 Å². The van der Waals surface area contributed by atoms with Crippen molar-refractivity contribution in [2.24, 2.45) is 0 Å². The Morgan fingerprint density at radius 1 is 0.684 bits per heavy atom. The maximum atomic E-state index is 13.7. The van der Waals surface area contributed by atoms with E-state index < -0.39 is 43.1 Å². The molecule has 0 aromatic heterocycles. The van der Waals surface area contributed by atoms with Crippen molar-refractivity contribution in [3.05, 3.63) is 59.4 Å². The Hall–Kier alpha value is -1.69. The molecule has 0 aliphatic rings. The highest BCUT2D eigenvalue weighted by Crippen LogP contribution is 2.16. The van der Waals surface area contributed by atoms with E-state index >= 15 is 0 Å². The van der Waals surface area contributed by atoms with E-state index in [1.807, 2.05) is 0 Å². The minimum Gasteiger partial charge on any atom is -0.204 e. The Balaban J connectivity index is 2.64. The average molecular weight is 288 g/mol. The first-order chi connectivity index (χ1) is 8.95. The van der Waals surface area contributed by atoms with Gasteiger partial charge in [0.1, 0.15) is 8.80 Å². The second-order valence-electron chi connectivity index (χ2n) is 4.12. The summed E-state index contributed by atoms with van der Waals surface area (Å²) in [6.07, 6.45) is 0. The molecule has 0 saturated carbocycles. The molecular formula is C13H9F5Si. The van der Waals surface area contributed by atoms with Crippen LogP contribution in [0.4, 0.5) is 22.0 Å². The molecule has 1 atom stereocenters. The van der Waals surface area contributed by atoms with Crippen LogP contribution in [0, 0.1) is 29.1 Å². The van der Waals surface area contributed by atoms with Crippen molar-refractivity contribution in [2.45, 2.75) is 6.55 Å². The van der Waals surface area contributed by atoms with Crippen LogP contribution >= 0.6 is 0 Å². The third-order valence-electron chi connectivity index (χ3n) is 2.98. The molecule has 0 amide bonds. The molecule has 0 aliphatic carbocycles. The fourth-order valence-electron chi connectivity index (χ4n) is 1.91. The third-order valence-corrected chi connectivity index (χ3v) is 5.73. The number of hydrogen-bond donors (Lipinski definition) is 0. The zero-order chi connectivity index (χ0) is 14.2. The quantitative estimate of drug-likeness (QED) is 0.344. The molecule has 2 rings (SSSR count). The zero-order valence-corrected chi connectivity index (χ0v) is 11.0. The predicted octanol–water partition coefficient (Wildman–Crippen LogP) is 2.35. The standard InChI is InChI=1S/C13H9F5Si/c1-19(7-5-3-2-4-6-7)13-11(17)9(15)8(14)10(16)12(13)18/h2-6,19H,1H3. The molecule has 0 nitrogen and oxygen atoms in total. The molecule has 2 aromatic carbocycles. The van der Waals surface area contributed by atoms with E-state index in [0.29, 0.717) is 5.19 Å². The van der Waals surface area contributed by atoms with E-state index in [2.05, 4.69) is 0 Å². The van der Waals surface area contributed by atoms with Crippen LogP contribution in [-0.2, 0) is 0 Å². The Labute approximate surface area is 108 Å². The lowest BCUT2D eigenvalue weighted by atomic mass is 10.3. The van der Waals surface area contributed by atoms with Crippen LogP contribution in [0.3, 0.4) is 0 Å². The van der Waals surface area contributed by atoms with Crippen LogP contribution in [0.25, 0.3) is 0 Å². The highest BCUT2D eigenvalue weighted by Gasteiger charge is 2.29. The molecule has 19 heavy (non-hydrogen) atoms. The fourth-order valence-corrected chi connectivity index (χ4v) is 4.06. The van der Waals surface area contributed by atoms with Crippen molar-refractivity contribution in [3.63, 3.8) is 0 Å². The SMILES string of the molecule is C[SiH](c1ccccc1)c1c(F)c(F)c(F)c(F)c1F. The summed E-state index contributed by atoms with van der Waals surface area (Å²) < 4.78 is 66.5. The van der Waals surface area contributed by atoms with Crippen LogP contribution in [0.5, 0.6) is 0 Å². The summed E-state index contributed by atoms with van der Waals surface area (Å²) in [5, 5.41) is -0.0756. The summed E-state index contributed by atoms with van der Waals surface area (Å²) in [6.45, 7) is 1.52.